The number of benzene rings is 2. The van der Waals surface area contributed by atoms with Crippen LogP contribution in [0.3, 0.4) is 0 Å². The summed E-state index contributed by atoms with van der Waals surface area (Å²) >= 11 is 0. The van der Waals surface area contributed by atoms with Gasteiger partial charge in [0, 0.05) is 23.6 Å². The normalized spacial score (nSPS) is 11.2. The molecule has 22 heavy (non-hydrogen) atoms. The van der Waals surface area contributed by atoms with Crippen LogP contribution >= 0.6 is 0 Å². The Labute approximate surface area is 129 Å². The van der Waals surface area contributed by atoms with Crippen molar-refractivity contribution in [2.75, 3.05) is 7.11 Å². The first kappa shape index (κ1) is 14.1. The molecule has 3 aromatic rings. The van der Waals surface area contributed by atoms with E-state index in [0.29, 0.717) is 5.56 Å². The zero-order valence-electron chi connectivity index (χ0n) is 12.6. The van der Waals surface area contributed by atoms with Crippen molar-refractivity contribution in [3.63, 3.8) is 0 Å². The van der Waals surface area contributed by atoms with Gasteiger partial charge >= 0.3 is 5.97 Å². The predicted molar refractivity (Wildman–Crippen MR) is 89.6 cm³/mol. The average molecular weight is 291 g/mol. The highest BCUT2D eigenvalue weighted by molar-refractivity contribution is 5.95. The van der Waals surface area contributed by atoms with Gasteiger partial charge < -0.3 is 9.30 Å². The number of rotatable bonds is 3. The maximum atomic E-state index is 11.8. The summed E-state index contributed by atoms with van der Waals surface area (Å²) in [5.74, 6) is -0.322. The molecule has 0 aliphatic heterocycles. The summed E-state index contributed by atoms with van der Waals surface area (Å²) in [7, 11) is 3.43. The van der Waals surface area contributed by atoms with Crippen LogP contribution in [0.1, 0.15) is 21.6 Å². The van der Waals surface area contributed by atoms with E-state index in [1.807, 2.05) is 49.5 Å². The maximum absolute atomic E-state index is 11.8. The number of methoxy groups -OCH3 is 1. The molecular formula is C19H17NO2. The summed E-state index contributed by atoms with van der Waals surface area (Å²) in [6, 6.07) is 17.8. The van der Waals surface area contributed by atoms with Crippen LogP contribution in [0.15, 0.2) is 54.6 Å². The molecule has 0 fully saturated rings. The van der Waals surface area contributed by atoms with Gasteiger partial charge in [-0.25, -0.2) is 4.79 Å². The molecule has 1 heterocycles. The Morgan fingerprint density at radius 3 is 2.55 bits per heavy atom. The first-order valence-corrected chi connectivity index (χ1v) is 7.10. The third-order valence-electron chi connectivity index (χ3n) is 3.79. The van der Waals surface area contributed by atoms with Crippen LogP contribution in [-0.2, 0) is 11.8 Å². The number of aromatic nitrogens is 1. The molecule has 3 nitrogen and oxygen atoms in total. The summed E-state index contributed by atoms with van der Waals surface area (Å²) in [5, 5.41) is 1.20. The van der Waals surface area contributed by atoms with E-state index in [2.05, 4.69) is 22.8 Å². The zero-order valence-corrected chi connectivity index (χ0v) is 12.6. The number of ether oxygens (including phenoxy) is 1. The number of aryl methyl sites for hydroxylation is 1. The third-order valence-corrected chi connectivity index (χ3v) is 3.79. The molecule has 0 N–H and O–H groups in total. The Hall–Kier alpha value is -2.81. The number of hydrogen-bond acceptors (Lipinski definition) is 2. The van der Waals surface area contributed by atoms with Gasteiger partial charge in [0.1, 0.15) is 0 Å². The molecule has 0 aliphatic carbocycles. The SMILES string of the molecule is COC(=O)c1ccccc1/C=C/c1cc2ccccc2n1C. The van der Waals surface area contributed by atoms with E-state index in [1.54, 1.807) is 6.07 Å². The van der Waals surface area contributed by atoms with Gasteiger partial charge in [0.25, 0.3) is 0 Å². The monoisotopic (exact) mass is 291 g/mol. The highest BCUT2D eigenvalue weighted by atomic mass is 16.5. The van der Waals surface area contributed by atoms with Gasteiger partial charge in [-0.15, -0.1) is 0 Å². The Morgan fingerprint density at radius 2 is 1.77 bits per heavy atom. The largest absolute Gasteiger partial charge is 0.465 e. The van der Waals surface area contributed by atoms with Crippen molar-refractivity contribution in [3.05, 3.63) is 71.4 Å². The van der Waals surface area contributed by atoms with Crippen molar-refractivity contribution in [1.82, 2.24) is 4.57 Å². The lowest BCUT2D eigenvalue weighted by Crippen LogP contribution is -2.03. The Bertz CT molecular complexity index is 859. The van der Waals surface area contributed by atoms with Crippen LogP contribution in [0.2, 0.25) is 0 Å². The van der Waals surface area contributed by atoms with Gasteiger partial charge in [-0.1, -0.05) is 42.5 Å². The highest BCUT2D eigenvalue weighted by Gasteiger charge is 2.09. The zero-order chi connectivity index (χ0) is 15.5. The topological polar surface area (TPSA) is 31.2 Å². The number of carbonyl (C=O) groups excluding carboxylic acids is 1. The second-order valence-corrected chi connectivity index (χ2v) is 5.10. The Kier molecular flexibility index (Phi) is 3.79. The van der Waals surface area contributed by atoms with E-state index in [0.717, 1.165) is 11.3 Å². The molecule has 0 radical (unpaired) electrons. The lowest BCUT2D eigenvalue weighted by molar-refractivity contribution is 0.0600. The minimum Gasteiger partial charge on any atom is -0.465 e. The van der Waals surface area contributed by atoms with Crippen LogP contribution in [0.5, 0.6) is 0 Å². The standard InChI is InChI=1S/C19H17NO2/c1-20-16(13-15-8-4-6-10-18(15)20)12-11-14-7-3-5-9-17(14)19(21)22-2/h3-13H,1-2H3/b12-11+. The van der Waals surface area contributed by atoms with Crippen molar-refractivity contribution in [1.29, 1.82) is 0 Å². The predicted octanol–water partition coefficient (Wildman–Crippen LogP) is 4.14. The number of carbonyl (C=O) groups is 1. The van der Waals surface area contributed by atoms with E-state index in [1.165, 1.54) is 18.0 Å². The molecule has 0 spiro atoms. The Balaban J connectivity index is 2.00. The molecule has 0 aliphatic rings. The smallest absolute Gasteiger partial charge is 0.338 e. The van der Waals surface area contributed by atoms with Crippen molar-refractivity contribution in [2.24, 2.45) is 7.05 Å². The number of fused-ring (bicyclic) bond motifs is 1. The fraction of sp³-hybridized carbons (Fsp3) is 0.105. The molecule has 0 bridgehead atoms. The van der Waals surface area contributed by atoms with Gasteiger partial charge in [-0.2, -0.15) is 0 Å². The molecule has 0 unspecified atom stereocenters. The summed E-state index contributed by atoms with van der Waals surface area (Å²) in [6.07, 6.45) is 3.96. The fourth-order valence-corrected chi connectivity index (χ4v) is 2.58. The number of hydrogen-bond donors (Lipinski definition) is 0. The molecule has 0 atom stereocenters. The van der Waals surface area contributed by atoms with Crippen molar-refractivity contribution in [2.45, 2.75) is 0 Å². The highest BCUT2D eigenvalue weighted by Crippen LogP contribution is 2.21. The molecule has 0 amide bonds. The molecule has 1 aromatic heterocycles. The summed E-state index contributed by atoms with van der Waals surface area (Å²) in [5.41, 5.74) is 3.68. The fourth-order valence-electron chi connectivity index (χ4n) is 2.58. The van der Waals surface area contributed by atoms with Crippen LogP contribution in [0, 0.1) is 0 Å². The van der Waals surface area contributed by atoms with Crippen LogP contribution in [-0.4, -0.2) is 17.6 Å². The lowest BCUT2D eigenvalue weighted by atomic mass is 10.1. The summed E-state index contributed by atoms with van der Waals surface area (Å²) < 4.78 is 6.95. The molecule has 0 saturated carbocycles. The molecule has 0 saturated heterocycles. The Morgan fingerprint density at radius 1 is 1.05 bits per heavy atom. The average Bonchev–Trinajstić information content (AvgIpc) is 2.89. The van der Waals surface area contributed by atoms with Gasteiger partial charge in [0.15, 0.2) is 0 Å². The maximum Gasteiger partial charge on any atom is 0.338 e. The number of para-hydroxylation sites is 1. The molecule has 110 valence electrons. The van der Waals surface area contributed by atoms with Gasteiger partial charge in [-0.3, -0.25) is 0 Å². The molecular weight excluding hydrogens is 274 g/mol. The van der Waals surface area contributed by atoms with E-state index in [4.69, 9.17) is 4.74 Å². The molecule has 3 heteroatoms. The second-order valence-electron chi connectivity index (χ2n) is 5.10. The van der Waals surface area contributed by atoms with Crippen molar-refractivity contribution < 1.29 is 9.53 Å². The first-order valence-electron chi connectivity index (χ1n) is 7.10. The molecule has 2 aromatic carbocycles. The first-order chi connectivity index (χ1) is 10.7. The minimum absolute atomic E-state index is 0.322. The molecule has 3 rings (SSSR count). The van der Waals surface area contributed by atoms with Crippen LogP contribution in [0.4, 0.5) is 0 Å². The van der Waals surface area contributed by atoms with Gasteiger partial charge in [-0.05, 0) is 29.8 Å². The van der Waals surface area contributed by atoms with E-state index < -0.39 is 0 Å². The van der Waals surface area contributed by atoms with E-state index in [-0.39, 0.29) is 5.97 Å². The van der Waals surface area contributed by atoms with E-state index in [9.17, 15) is 4.79 Å². The minimum atomic E-state index is -0.322. The van der Waals surface area contributed by atoms with Gasteiger partial charge in [0.2, 0.25) is 0 Å². The summed E-state index contributed by atoms with van der Waals surface area (Å²) in [6.45, 7) is 0. The van der Waals surface area contributed by atoms with Crippen molar-refractivity contribution in [3.8, 4) is 0 Å². The van der Waals surface area contributed by atoms with Gasteiger partial charge in [0.05, 0.1) is 12.7 Å². The summed E-state index contributed by atoms with van der Waals surface area (Å²) in [4.78, 5) is 11.8. The second kappa shape index (κ2) is 5.90. The van der Waals surface area contributed by atoms with Crippen LogP contribution < -0.4 is 0 Å². The number of nitrogens with zero attached hydrogens (tertiary/aromatic N) is 1. The van der Waals surface area contributed by atoms with Crippen molar-refractivity contribution >= 4 is 29.0 Å². The number of esters is 1. The van der Waals surface area contributed by atoms with Crippen LogP contribution in [0.25, 0.3) is 23.1 Å². The quantitative estimate of drug-likeness (QED) is 0.679. The third kappa shape index (κ3) is 2.53. The lowest BCUT2D eigenvalue weighted by Gasteiger charge is -2.03. The van der Waals surface area contributed by atoms with E-state index >= 15 is 0 Å².